The van der Waals surface area contributed by atoms with Crippen LogP contribution in [0, 0.1) is 0 Å². The van der Waals surface area contributed by atoms with E-state index in [2.05, 4.69) is 5.32 Å². The number of nitrogens with one attached hydrogen (secondary N) is 1. The summed E-state index contributed by atoms with van der Waals surface area (Å²) in [4.78, 5) is 34.5. The summed E-state index contributed by atoms with van der Waals surface area (Å²) in [6.07, 6.45) is 2.15. The number of methoxy groups -OCH3 is 1. The second-order valence-electron chi connectivity index (χ2n) is 7.21. The first kappa shape index (κ1) is 22.9. The van der Waals surface area contributed by atoms with Gasteiger partial charge in [0, 0.05) is 30.5 Å². The summed E-state index contributed by atoms with van der Waals surface area (Å²) in [7, 11) is 1.59. The Morgan fingerprint density at radius 2 is 1.75 bits per heavy atom. The highest BCUT2D eigenvalue weighted by atomic mass is 16.5. The lowest BCUT2D eigenvalue weighted by molar-refractivity contribution is -0.137. The van der Waals surface area contributed by atoms with Crippen LogP contribution in [-0.4, -0.2) is 37.2 Å². The van der Waals surface area contributed by atoms with Gasteiger partial charge in [0.1, 0.15) is 17.1 Å². The summed E-state index contributed by atoms with van der Waals surface area (Å²) < 4.78 is 16.0. The van der Waals surface area contributed by atoms with Gasteiger partial charge < -0.3 is 24.3 Å². The molecule has 0 fully saturated rings. The van der Waals surface area contributed by atoms with Crippen molar-refractivity contribution in [2.75, 3.05) is 20.3 Å². The second-order valence-corrected chi connectivity index (χ2v) is 7.21. The Bertz CT molecular complexity index is 1140. The van der Waals surface area contributed by atoms with E-state index in [4.69, 9.17) is 19.0 Å². The lowest BCUT2D eigenvalue weighted by Gasteiger charge is -2.10. The van der Waals surface area contributed by atoms with Crippen LogP contribution >= 0.6 is 0 Å². The normalized spacial score (nSPS) is 10.7. The first-order valence-corrected chi connectivity index (χ1v) is 10.3. The number of fused-ring (bicyclic) bond motifs is 1. The molecule has 0 atom stereocenters. The van der Waals surface area contributed by atoms with Crippen molar-refractivity contribution in [2.45, 2.75) is 25.7 Å². The fourth-order valence-corrected chi connectivity index (χ4v) is 3.25. The van der Waals surface area contributed by atoms with Crippen LogP contribution < -0.4 is 20.4 Å². The molecule has 168 valence electrons. The van der Waals surface area contributed by atoms with Crippen molar-refractivity contribution in [3.63, 3.8) is 0 Å². The molecule has 1 aromatic heterocycles. The predicted molar refractivity (Wildman–Crippen MR) is 119 cm³/mol. The van der Waals surface area contributed by atoms with Crippen molar-refractivity contribution in [3.8, 4) is 22.6 Å². The number of carboxylic acids is 1. The van der Waals surface area contributed by atoms with E-state index in [9.17, 15) is 14.4 Å². The fourth-order valence-electron chi connectivity index (χ4n) is 3.25. The van der Waals surface area contributed by atoms with Crippen LogP contribution in [0.2, 0.25) is 0 Å². The number of aliphatic carboxylic acids is 1. The van der Waals surface area contributed by atoms with E-state index in [1.807, 2.05) is 24.3 Å². The minimum Gasteiger partial charge on any atom is -0.497 e. The van der Waals surface area contributed by atoms with Crippen LogP contribution in [-0.2, 0) is 9.59 Å². The number of benzene rings is 2. The van der Waals surface area contributed by atoms with Crippen LogP contribution in [0.5, 0.6) is 11.5 Å². The number of hydrogen-bond acceptors (Lipinski definition) is 6. The third kappa shape index (κ3) is 6.34. The molecule has 0 aliphatic rings. The van der Waals surface area contributed by atoms with Gasteiger partial charge in [-0.25, -0.2) is 4.79 Å². The Balaban J connectivity index is 1.61. The summed E-state index contributed by atoms with van der Waals surface area (Å²) in [6.45, 7) is 0.280. The van der Waals surface area contributed by atoms with E-state index in [0.29, 0.717) is 30.7 Å². The predicted octanol–water partition coefficient (Wildman–Crippen LogP) is 3.61. The van der Waals surface area contributed by atoms with Gasteiger partial charge in [-0.2, -0.15) is 0 Å². The Morgan fingerprint density at radius 1 is 1.00 bits per heavy atom. The van der Waals surface area contributed by atoms with E-state index in [1.165, 1.54) is 6.07 Å². The van der Waals surface area contributed by atoms with E-state index in [0.717, 1.165) is 28.7 Å². The van der Waals surface area contributed by atoms with Crippen molar-refractivity contribution in [1.82, 2.24) is 5.32 Å². The fraction of sp³-hybridized carbons (Fsp3) is 0.292. The third-order valence-corrected chi connectivity index (χ3v) is 4.88. The number of amides is 1. The largest absolute Gasteiger partial charge is 0.497 e. The molecule has 0 radical (unpaired) electrons. The molecule has 8 heteroatoms. The average molecular weight is 439 g/mol. The van der Waals surface area contributed by atoms with Gasteiger partial charge in [0.2, 0.25) is 0 Å². The molecule has 0 saturated heterocycles. The maximum absolute atomic E-state index is 12.1. The zero-order valence-electron chi connectivity index (χ0n) is 17.8. The van der Waals surface area contributed by atoms with Gasteiger partial charge >= 0.3 is 11.6 Å². The van der Waals surface area contributed by atoms with Gasteiger partial charge in [0.15, 0.2) is 6.61 Å². The first-order valence-electron chi connectivity index (χ1n) is 10.3. The molecule has 0 aliphatic heterocycles. The number of carboxylic acid groups (broad SMARTS) is 1. The van der Waals surface area contributed by atoms with Crippen molar-refractivity contribution in [1.29, 1.82) is 0 Å². The number of rotatable bonds is 11. The Morgan fingerprint density at radius 3 is 2.47 bits per heavy atom. The zero-order chi connectivity index (χ0) is 22.9. The molecule has 1 amide bonds. The third-order valence-electron chi connectivity index (χ3n) is 4.88. The lowest BCUT2D eigenvalue weighted by Crippen LogP contribution is -2.29. The minimum atomic E-state index is -0.815. The molecule has 3 aromatic rings. The van der Waals surface area contributed by atoms with Crippen molar-refractivity contribution >= 4 is 22.8 Å². The lowest BCUT2D eigenvalue weighted by atomic mass is 10.0. The van der Waals surface area contributed by atoms with Gasteiger partial charge in [0.05, 0.1) is 7.11 Å². The van der Waals surface area contributed by atoms with Gasteiger partial charge in [-0.3, -0.25) is 9.59 Å². The van der Waals surface area contributed by atoms with E-state index in [1.54, 1.807) is 25.3 Å². The summed E-state index contributed by atoms with van der Waals surface area (Å²) >= 11 is 0. The maximum atomic E-state index is 12.1. The minimum absolute atomic E-state index is 0.134. The smallest absolute Gasteiger partial charge is 0.336 e. The van der Waals surface area contributed by atoms with Gasteiger partial charge in [0.25, 0.3) is 5.91 Å². The molecule has 2 N–H and O–H groups in total. The Kier molecular flexibility index (Phi) is 7.85. The average Bonchev–Trinajstić information content (AvgIpc) is 2.79. The molecule has 0 spiro atoms. The van der Waals surface area contributed by atoms with Crippen LogP contribution in [0.15, 0.2) is 57.7 Å². The molecule has 32 heavy (non-hydrogen) atoms. The van der Waals surface area contributed by atoms with Crippen LogP contribution in [0.3, 0.4) is 0 Å². The maximum Gasteiger partial charge on any atom is 0.336 e. The molecular formula is C24H25NO7. The summed E-state index contributed by atoms with van der Waals surface area (Å²) in [5, 5.41) is 12.1. The molecule has 3 rings (SSSR count). The number of carbonyl (C=O) groups is 2. The first-order chi connectivity index (χ1) is 15.5. The quantitative estimate of drug-likeness (QED) is 0.346. The summed E-state index contributed by atoms with van der Waals surface area (Å²) in [5.41, 5.74) is 1.45. The topological polar surface area (TPSA) is 115 Å². The second kappa shape index (κ2) is 11.0. The van der Waals surface area contributed by atoms with Crippen LogP contribution in [0.4, 0.5) is 0 Å². The number of carbonyl (C=O) groups excluding carboxylic acids is 1. The monoisotopic (exact) mass is 439 g/mol. The van der Waals surface area contributed by atoms with E-state index in [-0.39, 0.29) is 18.9 Å². The molecule has 0 aliphatic carbocycles. The Hall–Kier alpha value is -3.81. The van der Waals surface area contributed by atoms with E-state index < -0.39 is 11.6 Å². The molecule has 0 saturated carbocycles. The van der Waals surface area contributed by atoms with Crippen LogP contribution in [0.25, 0.3) is 22.1 Å². The van der Waals surface area contributed by atoms with Crippen LogP contribution in [0.1, 0.15) is 25.7 Å². The summed E-state index contributed by atoms with van der Waals surface area (Å²) in [5.74, 6) is 0.0286. The molecule has 0 bridgehead atoms. The SMILES string of the molecule is COc1ccc(-c2cc(=O)oc3cc(OCC(=O)NCCCCCC(=O)O)ccc23)cc1. The molecular weight excluding hydrogens is 414 g/mol. The van der Waals surface area contributed by atoms with E-state index >= 15 is 0 Å². The number of hydrogen-bond donors (Lipinski definition) is 2. The number of ether oxygens (including phenoxy) is 2. The standard InChI is InChI=1S/C24H25NO7/c1-30-17-8-6-16(7-9-17)20-14-24(29)32-21-13-18(10-11-19(20)21)31-15-22(26)25-12-4-2-3-5-23(27)28/h6-11,13-14H,2-5,12,15H2,1H3,(H,25,26)(H,27,28). The van der Waals surface area contributed by atoms with Gasteiger partial charge in [-0.1, -0.05) is 18.6 Å². The van der Waals surface area contributed by atoms with Crippen molar-refractivity contribution < 1.29 is 28.6 Å². The highest BCUT2D eigenvalue weighted by Gasteiger charge is 2.10. The molecule has 1 heterocycles. The molecule has 8 nitrogen and oxygen atoms in total. The van der Waals surface area contributed by atoms with Crippen molar-refractivity contribution in [2.24, 2.45) is 0 Å². The molecule has 2 aromatic carbocycles. The van der Waals surface area contributed by atoms with Crippen molar-refractivity contribution in [3.05, 3.63) is 59.0 Å². The summed E-state index contributed by atoms with van der Waals surface area (Å²) in [6, 6.07) is 13.9. The molecule has 0 unspecified atom stereocenters. The zero-order valence-corrected chi connectivity index (χ0v) is 17.8. The Labute approximate surface area is 184 Å². The highest BCUT2D eigenvalue weighted by molar-refractivity contribution is 5.93. The highest BCUT2D eigenvalue weighted by Crippen LogP contribution is 2.30. The number of unbranched alkanes of at least 4 members (excludes halogenated alkanes) is 2. The van der Waals surface area contributed by atoms with Gasteiger partial charge in [-0.05, 0) is 48.2 Å². The van der Waals surface area contributed by atoms with Gasteiger partial charge in [-0.15, -0.1) is 0 Å².